The molecule has 10 heteroatoms. The molecule has 42 heavy (non-hydrogen) atoms. The number of rotatable bonds is 7. The summed E-state index contributed by atoms with van der Waals surface area (Å²) in [7, 11) is 0. The van der Waals surface area contributed by atoms with E-state index in [1.807, 2.05) is 25.1 Å². The fraction of sp³-hybridized carbons (Fsp3) is 0.0625. The normalized spacial score (nSPS) is 13.3. The quantitative estimate of drug-likeness (QED) is 0.165. The molecular formula is C32H23Br2N3O5. The Kier molecular flexibility index (Phi) is 8.65. The summed E-state index contributed by atoms with van der Waals surface area (Å²) in [5, 5.41) is 2.82. The zero-order chi connectivity index (χ0) is 29.8. The number of para-hydroxylation sites is 3. The summed E-state index contributed by atoms with van der Waals surface area (Å²) in [6.45, 7) is 1.55. The minimum Gasteiger partial charge on any atom is -0.482 e. The minimum atomic E-state index is -0.792. The van der Waals surface area contributed by atoms with E-state index in [4.69, 9.17) is 4.74 Å². The van der Waals surface area contributed by atoms with Gasteiger partial charge in [-0.3, -0.25) is 14.4 Å². The van der Waals surface area contributed by atoms with Crippen molar-refractivity contribution in [3.63, 3.8) is 0 Å². The largest absolute Gasteiger partial charge is 0.482 e. The van der Waals surface area contributed by atoms with E-state index >= 15 is 0 Å². The number of urea groups is 1. The smallest absolute Gasteiger partial charge is 0.343 e. The summed E-state index contributed by atoms with van der Waals surface area (Å²) in [6.07, 6.45) is 1.37. The van der Waals surface area contributed by atoms with Gasteiger partial charge in [0.2, 0.25) is 0 Å². The average Bonchev–Trinajstić information content (AvgIpc) is 2.97. The molecule has 0 bridgehead atoms. The third-order valence-corrected chi connectivity index (χ3v) is 7.43. The number of amides is 5. The van der Waals surface area contributed by atoms with Crippen LogP contribution < -0.4 is 19.9 Å². The fourth-order valence-electron chi connectivity index (χ4n) is 4.37. The van der Waals surface area contributed by atoms with Gasteiger partial charge in [0.1, 0.15) is 11.3 Å². The first-order chi connectivity index (χ1) is 20.2. The number of barbiturate groups is 1. The minimum absolute atomic E-state index is 0.237. The molecule has 1 aliphatic rings. The van der Waals surface area contributed by atoms with Crippen LogP contribution in [0.1, 0.15) is 11.1 Å². The molecular weight excluding hydrogens is 666 g/mol. The van der Waals surface area contributed by atoms with E-state index in [9.17, 15) is 19.2 Å². The number of imide groups is 2. The zero-order valence-corrected chi connectivity index (χ0v) is 25.4. The van der Waals surface area contributed by atoms with E-state index in [0.29, 0.717) is 31.6 Å². The molecule has 0 unspecified atom stereocenters. The lowest BCUT2D eigenvalue weighted by atomic mass is 10.0. The summed E-state index contributed by atoms with van der Waals surface area (Å²) < 4.78 is 7.03. The van der Waals surface area contributed by atoms with E-state index < -0.39 is 23.8 Å². The van der Waals surface area contributed by atoms with E-state index in [-0.39, 0.29) is 17.9 Å². The predicted molar refractivity (Wildman–Crippen MR) is 168 cm³/mol. The lowest BCUT2D eigenvalue weighted by Gasteiger charge is -2.34. The van der Waals surface area contributed by atoms with Crippen molar-refractivity contribution in [2.75, 3.05) is 21.7 Å². The van der Waals surface area contributed by atoms with Gasteiger partial charge in [-0.1, -0.05) is 70.5 Å². The highest BCUT2D eigenvalue weighted by Gasteiger charge is 2.43. The number of hydrogen-bond donors (Lipinski definition) is 1. The Morgan fingerprint density at radius 3 is 1.93 bits per heavy atom. The van der Waals surface area contributed by atoms with Gasteiger partial charge in [-0.25, -0.2) is 14.6 Å². The molecule has 0 aromatic heterocycles. The number of nitrogens with zero attached hydrogens (tertiary/aromatic N) is 2. The standard InChI is InChI=1S/C32H23Br2N3O5/c1-20-10-8-9-15-27(20)35-28(38)19-42-29-21(16-22(33)18-26(29)34)17-25-30(39)36(23-11-4-2-5-12-23)32(41)37(31(25)40)24-13-6-3-7-14-24/h2-18H,19H2,1H3,(H,35,38). The number of hydrogen-bond acceptors (Lipinski definition) is 5. The van der Waals surface area contributed by atoms with Crippen molar-refractivity contribution in [3.8, 4) is 5.75 Å². The molecule has 1 fully saturated rings. The van der Waals surface area contributed by atoms with Crippen LogP contribution >= 0.6 is 31.9 Å². The number of carbonyl (C=O) groups is 4. The van der Waals surface area contributed by atoms with E-state index in [0.717, 1.165) is 15.4 Å². The maximum absolute atomic E-state index is 13.8. The maximum Gasteiger partial charge on any atom is 0.343 e. The molecule has 5 rings (SSSR count). The molecule has 1 aliphatic heterocycles. The molecule has 210 valence electrons. The number of aryl methyl sites for hydroxylation is 1. The Balaban J connectivity index is 1.53. The third kappa shape index (κ3) is 6.05. The van der Waals surface area contributed by atoms with Crippen LogP contribution in [0.5, 0.6) is 5.75 Å². The van der Waals surface area contributed by atoms with Gasteiger partial charge in [0, 0.05) is 15.7 Å². The number of carbonyl (C=O) groups excluding carboxylic acids is 4. The van der Waals surface area contributed by atoms with Gasteiger partial charge in [-0.2, -0.15) is 0 Å². The van der Waals surface area contributed by atoms with Gasteiger partial charge in [0.25, 0.3) is 17.7 Å². The Hall–Kier alpha value is -4.54. The van der Waals surface area contributed by atoms with Crippen LogP contribution in [0.4, 0.5) is 21.9 Å². The van der Waals surface area contributed by atoms with E-state index in [2.05, 4.69) is 37.2 Å². The van der Waals surface area contributed by atoms with Crippen LogP contribution in [0.15, 0.2) is 112 Å². The van der Waals surface area contributed by atoms with Gasteiger partial charge < -0.3 is 10.1 Å². The molecule has 1 saturated heterocycles. The summed E-state index contributed by atoms with van der Waals surface area (Å²) in [4.78, 5) is 55.8. The van der Waals surface area contributed by atoms with Crippen LogP contribution in [0.2, 0.25) is 0 Å². The molecule has 0 aliphatic carbocycles. The van der Waals surface area contributed by atoms with Crippen molar-refractivity contribution in [3.05, 3.63) is 123 Å². The van der Waals surface area contributed by atoms with Gasteiger partial charge in [0.15, 0.2) is 6.61 Å². The molecule has 0 atom stereocenters. The number of halogens is 2. The highest BCUT2D eigenvalue weighted by atomic mass is 79.9. The Morgan fingerprint density at radius 2 is 1.36 bits per heavy atom. The van der Waals surface area contributed by atoms with Crippen LogP contribution in [0.3, 0.4) is 0 Å². The summed E-state index contributed by atoms with van der Waals surface area (Å²) in [5.74, 6) is -1.73. The third-order valence-electron chi connectivity index (χ3n) is 6.38. The van der Waals surface area contributed by atoms with Gasteiger partial charge in [0.05, 0.1) is 15.8 Å². The molecule has 0 saturated carbocycles. The molecule has 1 N–H and O–H groups in total. The van der Waals surface area contributed by atoms with Crippen molar-refractivity contribution < 1.29 is 23.9 Å². The molecule has 0 radical (unpaired) electrons. The SMILES string of the molecule is Cc1ccccc1NC(=O)COc1c(Br)cc(Br)cc1C=C1C(=O)N(c2ccccc2)C(=O)N(c2ccccc2)C1=O. The van der Waals surface area contributed by atoms with Crippen molar-refractivity contribution >= 4 is 78.8 Å². The van der Waals surface area contributed by atoms with Crippen LogP contribution in [-0.2, 0) is 14.4 Å². The van der Waals surface area contributed by atoms with Crippen LogP contribution in [0, 0.1) is 6.92 Å². The zero-order valence-electron chi connectivity index (χ0n) is 22.2. The first-order valence-electron chi connectivity index (χ1n) is 12.8. The Bertz CT molecular complexity index is 1660. The molecule has 8 nitrogen and oxygen atoms in total. The van der Waals surface area contributed by atoms with Crippen LogP contribution in [-0.4, -0.2) is 30.4 Å². The van der Waals surface area contributed by atoms with Gasteiger partial charge in [-0.15, -0.1) is 0 Å². The fourth-order valence-corrected chi connectivity index (χ4v) is 5.74. The number of anilines is 3. The second kappa shape index (κ2) is 12.5. The lowest BCUT2D eigenvalue weighted by Crippen LogP contribution is -2.57. The van der Waals surface area contributed by atoms with Gasteiger partial charge >= 0.3 is 6.03 Å². The lowest BCUT2D eigenvalue weighted by molar-refractivity contribution is -0.121. The monoisotopic (exact) mass is 687 g/mol. The first kappa shape index (κ1) is 29.0. The second-order valence-electron chi connectivity index (χ2n) is 9.25. The van der Waals surface area contributed by atoms with E-state index in [1.54, 1.807) is 78.9 Å². The highest BCUT2D eigenvalue weighted by Crippen LogP contribution is 2.36. The topological polar surface area (TPSA) is 96.0 Å². The molecule has 0 spiro atoms. The second-order valence-corrected chi connectivity index (χ2v) is 11.0. The predicted octanol–water partition coefficient (Wildman–Crippen LogP) is 7.12. The summed E-state index contributed by atoms with van der Waals surface area (Å²) >= 11 is 6.91. The highest BCUT2D eigenvalue weighted by molar-refractivity contribution is 9.11. The average molecular weight is 689 g/mol. The molecule has 4 aromatic rings. The van der Waals surface area contributed by atoms with Crippen molar-refractivity contribution in [2.24, 2.45) is 0 Å². The first-order valence-corrected chi connectivity index (χ1v) is 14.3. The summed E-state index contributed by atoms with van der Waals surface area (Å²) in [5.41, 5.74) is 2.26. The van der Waals surface area contributed by atoms with Gasteiger partial charge in [-0.05, 0) is 77.0 Å². The Morgan fingerprint density at radius 1 is 0.810 bits per heavy atom. The molecule has 5 amide bonds. The Labute approximate surface area is 258 Å². The van der Waals surface area contributed by atoms with Crippen molar-refractivity contribution in [1.29, 1.82) is 0 Å². The number of benzene rings is 4. The van der Waals surface area contributed by atoms with Crippen molar-refractivity contribution in [1.82, 2.24) is 0 Å². The van der Waals surface area contributed by atoms with E-state index in [1.165, 1.54) is 6.08 Å². The molecule has 1 heterocycles. The van der Waals surface area contributed by atoms with Crippen molar-refractivity contribution in [2.45, 2.75) is 6.92 Å². The maximum atomic E-state index is 13.8. The molecule has 4 aromatic carbocycles. The number of nitrogens with one attached hydrogen (secondary N) is 1. The number of ether oxygens (including phenoxy) is 1. The summed E-state index contributed by atoms with van der Waals surface area (Å²) in [6, 6.07) is 26.7. The van der Waals surface area contributed by atoms with Crippen LogP contribution in [0.25, 0.3) is 6.08 Å².